The summed E-state index contributed by atoms with van der Waals surface area (Å²) in [4.78, 5) is 5.16. The molecule has 1 aliphatic carbocycles. The normalized spacial score (nSPS) is 13.5. The van der Waals surface area contributed by atoms with E-state index in [1.165, 1.54) is 24.1 Å². The lowest BCUT2D eigenvalue weighted by Gasteiger charge is -2.20. The lowest BCUT2D eigenvalue weighted by molar-refractivity contribution is 0.415. The maximum Gasteiger partial charge on any atom is 0.164 e. The van der Waals surface area contributed by atoms with E-state index >= 15 is 0 Å². The van der Waals surface area contributed by atoms with E-state index in [0.29, 0.717) is 0 Å². The lowest BCUT2D eigenvalue weighted by atomic mass is 9.92. The quantitative estimate of drug-likeness (QED) is 0.426. The van der Waals surface area contributed by atoms with E-state index in [1.807, 2.05) is 36.4 Å². The molecule has 2 aromatic carbocycles. The number of ether oxygens (including phenoxy) is 1. The van der Waals surface area contributed by atoms with Crippen LogP contribution in [0.15, 0.2) is 48.5 Å². The van der Waals surface area contributed by atoms with Crippen LogP contribution in [-0.2, 0) is 12.8 Å². The SMILES string of the molecule is COc1ccc(-c2nc3c(-c4ccc(Cl)cc4)c(C)nn3c3c2CCCC3)cc1. The first-order valence-electron chi connectivity index (χ1n) is 9.97. The Labute approximate surface area is 175 Å². The number of hydrogen-bond acceptors (Lipinski definition) is 3. The Morgan fingerprint density at radius 1 is 0.931 bits per heavy atom. The molecule has 5 rings (SSSR count). The molecule has 2 heterocycles. The Hall–Kier alpha value is -2.85. The number of rotatable bonds is 3. The zero-order chi connectivity index (χ0) is 20.0. The highest BCUT2D eigenvalue weighted by Gasteiger charge is 2.23. The Bertz CT molecular complexity index is 1190. The van der Waals surface area contributed by atoms with Crippen molar-refractivity contribution in [1.29, 1.82) is 0 Å². The fourth-order valence-electron chi connectivity index (χ4n) is 4.30. The number of aryl methyl sites for hydroxylation is 2. The molecule has 4 nitrogen and oxygen atoms in total. The molecule has 0 amide bonds. The second-order valence-corrected chi connectivity index (χ2v) is 7.96. The van der Waals surface area contributed by atoms with Crippen LogP contribution in [0.1, 0.15) is 29.8 Å². The Morgan fingerprint density at radius 3 is 2.34 bits per heavy atom. The van der Waals surface area contributed by atoms with Crippen LogP contribution in [-0.4, -0.2) is 21.7 Å². The molecule has 0 radical (unpaired) electrons. The molecule has 0 atom stereocenters. The summed E-state index contributed by atoms with van der Waals surface area (Å²) >= 11 is 6.11. The maximum absolute atomic E-state index is 6.11. The summed E-state index contributed by atoms with van der Waals surface area (Å²) in [6.45, 7) is 2.06. The molecule has 4 aromatic rings. The third-order valence-corrected chi connectivity index (χ3v) is 5.98. The predicted molar refractivity (Wildman–Crippen MR) is 117 cm³/mol. The fourth-order valence-corrected chi connectivity index (χ4v) is 4.43. The largest absolute Gasteiger partial charge is 0.497 e. The van der Waals surface area contributed by atoms with Crippen molar-refractivity contribution in [3.8, 4) is 28.1 Å². The van der Waals surface area contributed by atoms with Crippen LogP contribution in [0.25, 0.3) is 28.0 Å². The highest BCUT2D eigenvalue weighted by molar-refractivity contribution is 6.30. The Balaban J connectivity index is 1.78. The average molecular weight is 404 g/mol. The monoisotopic (exact) mass is 403 g/mol. The summed E-state index contributed by atoms with van der Waals surface area (Å²) in [5, 5.41) is 5.62. The first-order chi connectivity index (χ1) is 14.2. The summed E-state index contributed by atoms with van der Waals surface area (Å²) in [6, 6.07) is 16.1. The molecule has 0 N–H and O–H groups in total. The molecule has 1 aliphatic rings. The van der Waals surface area contributed by atoms with Crippen molar-refractivity contribution < 1.29 is 4.74 Å². The molecule has 2 aromatic heterocycles. The molecular weight excluding hydrogens is 382 g/mol. The summed E-state index contributed by atoms with van der Waals surface area (Å²) in [5.74, 6) is 0.853. The van der Waals surface area contributed by atoms with Crippen molar-refractivity contribution in [2.75, 3.05) is 7.11 Å². The summed E-state index contributed by atoms with van der Waals surface area (Å²) in [7, 11) is 1.69. The molecule has 146 valence electrons. The predicted octanol–water partition coefficient (Wildman–Crippen LogP) is 5.91. The fraction of sp³-hybridized carbons (Fsp3) is 0.250. The smallest absolute Gasteiger partial charge is 0.164 e. The van der Waals surface area contributed by atoms with E-state index < -0.39 is 0 Å². The first kappa shape index (κ1) is 18.2. The molecule has 0 fully saturated rings. The van der Waals surface area contributed by atoms with Gasteiger partial charge in [0.05, 0.1) is 18.5 Å². The zero-order valence-electron chi connectivity index (χ0n) is 16.6. The van der Waals surface area contributed by atoms with Gasteiger partial charge in [-0.1, -0.05) is 23.7 Å². The van der Waals surface area contributed by atoms with E-state index in [1.54, 1.807) is 7.11 Å². The minimum atomic E-state index is 0.729. The van der Waals surface area contributed by atoms with E-state index in [-0.39, 0.29) is 0 Å². The number of benzene rings is 2. The van der Waals surface area contributed by atoms with Gasteiger partial charge in [0.1, 0.15) is 5.75 Å². The van der Waals surface area contributed by atoms with Crippen LogP contribution >= 0.6 is 11.6 Å². The second kappa shape index (κ2) is 7.20. The number of nitrogens with zero attached hydrogens (tertiary/aromatic N) is 3. The van der Waals surface area contributed by atoms with Crippen molar-refractivity contribution in [3.05, 3.63) is 70.5 Å². The maximum atomic E-state index is 6.11. The van der Waals surface area contributed by atoms with Crippen molar-refractivity contribution in [2.45, 2.75) is 32.6 Å². The van der Waals surface area contributed by atoms with E-state index in [4.69, 9.17) is 26.4 Å². The lowest BCUT2D eigenvalue weighted by Crippen LogP contribution is -2.13. The Kier molecular flexibility index (Phi) is 4.51. The number of methoxy groups -OCH3 is 1. The molecule has 0 bridgehead atoms. The standard InChI is InChI=1S/C24H22ClN3O/c1-15-22(16-7-11-18(25)12-8-16)24-26-23(17-9-13-19(29-2)14-10-17)20-5-3-4-6-21(20)28(24)27-15/h7-14H,3-6H2,1-2H3. The van der Waals surface area contributed by atoms with E-state index in [2.05, 4.69) is 23.6 Å². The minimum Gasteiger partial charge on any atom is -0.497 e. The van der Waals surface area contributed by atoms with Crippen molar-refractivity contribution in [1.82, 2.24) is 14.6 Å². The highest BCUT2D eigenvalue weighted by Crippen LogP contribution is 2.36. The van der Waals surface area contributed by atoms with Crippen molar-refractivity contribution in [2.24, 2.45) is 0 Å². The third kappa shape index (κ3) is 3.08. The average Bonchev–Trinajstić information content (AvgIpc) is 3.10. The van der Waals surface area contributed by atoms with Crippen molar-refractivity contribution >= 4 is 17.2 Å². The van der Waals surface area contributed by atoms with E-state index in [9.17, 15) is 0 Å². The van der Waals surface area contributed by atoms with Crippen molar-refractivity contribution in [3.63, 3.8) is 0 Å². The van der Waals surface area contributed by atoms with Gasteiger partial charge in [-0.15, -0.1) is 0 Å². The molecule has 0 saturated carbocycles. The van der Waals surface area contributed by atoms with Gasteiger partial charge in [0, 0.05) is 27.4 Å². The van der Waals surface area contributed by atoms with Gasteiger partial charge in [-0.3, -0.25) is 0 Å². The number of fused-ring (bicyclic) bond motifs is 3. The van der Waals surface area contributed by atoms with Gasteiger partial charge in [0.15, 0.2) is 5.65 Å². The molecule has 5 heteroatoms. The summed E-state index contributed by atoms with van der Waals surface area (Å²) in [5.41, 5.74) is 8.85. The molecule has 0 aliphatic heterocycles. The van der Waals surface area contributed by atoms with Crippen LogP contribution < -0.4 is 4.74 Å². The zero-order valence-corrected chi connectivity index (χ0v) is 17.3. The van der Waals surface area contributed by atoms with Crippen LogP contribution in [0.5, 0.6) is 5.75 Å². The Morgan fingerprint density at radius 2 is 1.62 bits per heavy atom. The van der Waals surface area contributed by atoms with Gasteiger partial charge in [-0.2, -0.15) is 5.10 Å². The van der Waals surface area contributed by atoms with Gasteiger partial charge in [-0.25, -0.2) is 9.50 Å². The number of hydrogen-bond donors (Lipinski definition) is 0. The molecule has 29 heavy (non-hydrogen) atoms. The summed E-state index contributed by atoms with van der Waals surface area (Å²) in [6.07, 6.45) is 4.44. The van der Waals surface area contributed by atoms with E-state index in [0.717, 1.165) is 57.3 Å². The number of halogens is 1. The van der Waals surface area contributed by atoms with Gasteiger partial charge in [-0.05, 0) is 74.6 Å². The molecular formula is C24H22ClN3O. The van der Waals surface area contributed by atoms with Crippen LogP contribution in [0.2, 0.25) is 5.02 Å². The topological polar surface area (TPSA) is 39.4 Å². The highest BCUT2D eigenvalue weighted by atomic mass is 35.5. The van der Waals surface area contributed by atoms with Gasteiger partial charge < -0.3 is 4.74 Å². The number of aromatic nitrogens is 3. The molecule has 0 spiro atoms. The third-order valence-electron chi connectivity index (χ3n) is 5.73. The van der Waals surface area contributed by atoms with Gasteiger partial charge in [0.2, 0.25) is 0 Å². The first-order valence-corrected chi connectivity index (χ1v) is 10.3. The van der Waals surface area contributed by atoms with Gasteiger partial charge in [0.25, 0.3) is 0 Å². The summed E-state index contributed by atoms with van der Waals surface area (Å²) < 4.78 is 7.40. The second-order valence-electron chi connectivity index (χ2n) is 7.52. The van der Waals surface area contributed by atoms with Gasteiger partial charge >= 0.3 is 0 Å². The molecule has 0 saturated heterocycles. The van der Waals surface area contributed by atoms with Crippen LogP contribution in [0.3, 0.4) is 0 Å². The minimum absolute atomic E-state index is 0.729. The molecule has 0 unspecified atom stereocenters. The van der Waals surface area contributed by atoms with Crippen LogP contribution in [0, 0.1) is 6.92 Å². The van der Waals surface area contributed by atoms with Crippen LogP contribution in [0.4, 0.5) is 0 Å².